The average molecular weight is 308 g/mol. The number of nitrogens with two attached hydrogens (primary N) is 1. The van der Waals surface area contributed by atoms with Gasteiger partial charge in [0, 0.05) is 6.54 Å². The van der Waals surface area contributed by atoms with Gasteiger partial charge < -0.3 is 10.5 Å². The lowest BCUT2D eigenvalue weighted by molar-refractivity contribution is 0.0199. The molecule has 114 valence electrons. The zero-order valence-corrected chi connectivity index (χ0v) is 12.1. The van der Waals surface area contributed by atoms with Gasteiger partial charge in [-0.15, -0.1) is 0 Å². The molecule has 1 rings (SSSR count). The Balaban J connectivity index is 2.73. The van der Waals surface area contributed by atoms with Gasteiger partial charge in [-0.05, 0) is 31.0 Å². The van der Waals surface area contributed by atoms with E-state index in [2.05, 4.69) is 9.46 Å². The van der Waals surface area contributed by atoms with Gasteiger partial charge in [0.05, 0.1) is 12.3 Å². The van der Waals surface area contributed by atoms with Crippen LogP contribution in [-0.2, 0) is 14.8 Å². The summed E-state index contributed by atoms with van der Waals surface area (Å²) in [5.41, 5.74) is 7.20. The number of hydrogen-bond donors (Lipinski definition) is 2. The molecule has 0 unspecified atom stereocenters. The smallest absolute Gasteiger partial charge is 0.261 e. The van der Waals surface area contributed by atoms with Crippen molar-refractivity contribution >= 4 is 15.7 Å². The highest BCUT2D eigenvalue weighted by Gasteiger charge is 2.20. The number of hydrogen-bond acceptors (Lipinski definition) is 4. The van der Waals surface area contributed by atoms with Crippen LogP contribution in [0.25, 0.3) is 0 Å². The fourth-order valence-electron chi connectivity index (χ4n) is 1.66. The molecule has 20 heavy (non-hydrogen) atoms. The molecule has 0 saturated carbocycles. The predicted octanol–water partition coefficient (Wildman–Crippen LogP) is 1.45. The number of nitrogen functional groups attached to an aromatic ring is 1. The van der Waals surface area contributed by atoms with Crippen LogP contribution in [0.4, 0.5) is 14.5 Å². The molecule has 0 aliphatic heterocycles. The highest BCUT2D eigenvalue weighted by Crippen LogP contribution is 2.24. The highest BCUT2D eigenvalue weighted by molar-refractivity contribution is 7.89. The molecule has 8 heteroatoms. The Morgan fingerprint density at radius 1 is 1.35 bits per heavy atom. The van der Waals surface area contributed by atoms with E-state index < -0.39 is 23.1 Å². The second kappa shape index (κ2) is 6.96. The summed E-state index contributed by atoms with van der Waals surface area (Å²) in [4.78, 5) is 0.0198. The molecule has 0 spiro atoms. The van der Waals surface area contributed by atoms with Gasteiger partial charge >= 0.3 is 0 Å². The number of anilines is 1. The minimum Gasteiger partial charge on any atom is -0.398 e. The Bertz CT molecular complexity index is 562. The minimum absolute atomic E-state index is 0.0198. The van der Waals surface area contributed by atoms with E-state index in [1.807, 2.05) is 0 Å². The summed E-state index contributed by atoms with van der Waals surface area (Å²) in [6.07, 6.45) is -2.57. The summed E-state index contributed by atoms with van der Waals surface area (Å²) in [6.45, 7) is 2.50. The van der Waals surface area contributed by atoms with Gasteiger partial charge in [0.1, 0.15) is 11.5 Å². The molecule has 0 radical (unpaired) electrons. The lowest BCUT2D eigenvalue weighted by atomic mass is 10.1. The van der Waals surface area contributed by atoms with Crippen LogP contribution >= 0.6 is 0 Å². The predicted molar refractivity (Wildman–Crippen MR) is 72.3 cm³/mol. The SMILES string of the molecule is Cc1ccc(N)c(S(=O)(=O)NCCOCC(F)F)c1C. The number of ether oxygens (including phenoxy) is 1. The molecular weight excluding hydrogens is 290 g/mol. The van der Waals surface area contributed by atoms with Crippen molar-refractivity contribution in [2.24, 2.45) is 0 Å². The van der Waals surface area contributed by atoms with Crippen LogP contribution in [0.5, 0.6) is 0 Å². The Morgan fingerprint density at radius 2 is 2.00 bits per heavy atom. The fraction of sp³-hybridized carbons (Fsp3) is 0.500. The molecule has 0 bridgehead atoms. The molecule has 0 saturated heterocycles. The van der Waals surface area contributed by atoms with Crippen molar-refractivity contribution in [3.05, 3.63) is 23.3 Å². The molecule has 3 N–H and O–H groups in total. The van der Waals surface area contributed by atoms with E-state index in [0.29, 0.717) is 5.56 Å². The normalized spacial score (nSPS) is 12.1. The number of alkyl halides is 2. The average Bonchev–Trinajstić information content (AvgIpc) is 2.33. The van der Waals surface area contributed by atoms with Crippen LogP contribution in [0.1, 0.15) is 11.1 Å². The summed E-state index contributed by atoms with van der Waals surface area (Å²) >= 11 is 0. The Morgan fingerprint density at radius 3 is 2.60 bits per heavy atom. The lowest BCUT2D eigenvalue weighted by Crippen LogP contribution is -2.29. The van der Waals surface area contributed by atoms with E-state index in [9.17, 15) is 17.2 Å². The third-order valence-electron chi connectivity index (χ3n) is 2.76. The lowest BCUT2D eigenvalue weighted by Gasteiger charge is -2.13. The summed E-state index contributed by atoms with van der Waals surface area (Å²) in [5.74, 6) is 0. The maximum absolute atomic E-state index is 12.1. The second-order valence-electron chi connectivity index (χ2n) is 4.29. The highest BCUT2D eigenvalue weighted by atomic mass is 32.2. The first-order chi connectivity index (χ1) is 9.25. The Labute approximate surface area is 117 Å². The first-order valence-electron chi connectivity index (χ1n) is 5.97. The maximum Gasteiger partial charge on any atom is 0.261 e. The maximum atomic E-state index is 12.1. The van der Waals surface area contributed by atoms with Crippen LogP contribution < -0.4 is 10.5 Å². The summed E-state index contributed by atoms with van der Waals surface area (Å²) < 4.78 is 54.8. The van der Waals surface area contributed by atoms with Gasteiger partial charge in [0.2, 0.25) is 10.0 Å². The van der Waals surface area contributed by atoms with Crippen LogP contribution in [0.2, 0.25) is 0 Å². The molecule has 1 aromatic carbocycles. The molecular formula is C12H18F2N2O3S. The molecule has 0 heterocycles. The van der Waals surface area contributed by atoms with Crippen molar-refractivity contribution in [2.45, 2.75) is 25.2 Å². The van der Waals surface area contributed by atoms with Crippen LogP contribution in [0.15, 0.2) is 17.0 Å². The van der Waals surface area contributed by atoms with Gasteiger partial charge in [-0.25, -0.2) is 21.9 Å². The Kier molecular flexibility index (Phi) is 5.85. The van der Waals surface area contributed by atoms with Crippen LogP contribution in [-0.4, -0.2) is 34.6 Å². The van der Waals surface area contributed by atoms with Gasteiger partial charge in [-0.3, -0.25) is 0 Å². The third kappa shape index (κ3) is 4.39. The number of nitrogens with one attached hydrogen (secondary N) is 1. The van der Waals surface area contributed by atoms with E-state index >= 15 is 0 Å². The van der Waals surface area contributed by atoms with Crippen molar-refractivity contribution in [1.29, 1.82) is 0 Å². The summed E-state index contributed by atoms with van der Waals surface area (Å²) in [5, 5.41) is 0. The van der Waals surface area contributed by atoms with Crippen molar-refractivity contribution in [3.8, 4) is 0 Å². The first-order valence-corrected chi connectivity index (χ1v) is 7.45. The number of aryl methyl sites for hydroxylation is 1. The topological polar surface area (TPSA) is 81.4 Å². The molecule has 0 amide bonds. The summed E-state index contributed by atoms with van der Waals surface area (Å²) in [7, 11) is -3.79. The molecule has 0 aliphatic rings. The largest absolute Gasteiger partial charge is 0.398 e. The Hall–Kier alpha value is -1.25. The molecule has 1 aromatic rings. The molecule has 5 nitrogen and oxygen atoms in total. The van der Waals surface area contributed by atoms with E-state index in [1.54, 1.807) is 19.9 Å². The molecule has 0 atom stereocenters. The zero-order valence-electron chi connectivity index (χ0n) is 11.3. The van der Waals surface area contributed by atoms with E-state index in [4.69, 9.17) is 5.73 Å². The van der Waals surface area contributed by atoms with Crippen molar-refractivity contribution < 1.29 is 21.9 Å². The van der Waals surface area contributed by atoms with Gasteiger partial charge in [0.15, 0.2) is 0 Å². The number of rotatable bonds is 7. The third-order valence-corrected chi connectivity index (χ3v) is 4.42. The number of halogens is 2. The number of sulfonamides is 1. The van der Waals surface area contributed by atoms with Crippen molar-refractivity contribution in [1.82, 2.24) is 4.72 Å². The zero-order chi connectivity index (χ0) is 15.3. The van der Waals surface area contributed by atoms with E-state index in [-0.39, 0.29) is 23.7 Å². The first kappa shape index (κ1) is 16.8. The van der Waals surface area contributed by atoms with Crippen LogP contribution in [0, 0.1) is 13.8 Å². The standard InChI is InChI=1S/C12H18F2N2O3S/c1-8-3-4-10(15)12(9(8)2)20(17,18)16-5-6-19-7-11(13)14/h3-4,11,16H,5-7,15H2,1-2H3. The minimum atomic E-state index is -3.79. The van der Waals surface area contributed by atoms with Gasteiger partial charge in [-0.1, -0.05) is 6.07 Å². The van der Waals surface area contributed by atoms with Crippen molar-refractivity contribution in [3.63, 3.8) is 0 Å². The van der Waals surface area contributed by atoms with Gasteiger partial charge in [0.25, 0.3) is 6.43 Å². The molecule has 0 aromatic heterocycles. The monoisotopic (exact) mass is 308 g/mol. The van der Waals surface area contributed by atoms with E-state index in [1.165, 1.54) is 6.07 Å². The van der Waals surface area contributed by atoms with Gasteiger partial charge in [-0.2, -0.15) is 0 Å². The summed E-state index contributed by atoms with van der Waals surface area (Å²) in [6, 6.07) is 3.25. The quantitative estimate of drug-likeness (QED) is 0.590. The second-order valence-corrected chi connectivity index (χ2v) is 5.99. The molecule has 0 fully saturated rings. The van der Waals surface area contributed by atoms with E-state index in [0.717, 1.165) is 5.56 Å². The number of benzene rings is 1. The van der Waals surface area contributed by atoms with Crippen LogP contribution in [0.3, 0.4) is 0 Å². The fourth-order valence-corrected chi connectivity index (χ4v) is 3.10. The molecule has 0 aliphatic carbocycles. The van der Waals surface area contributed by atoms with Crippen molar-refractivity contribution in [2.75, 3.05) is 25.5 Å².